The van der Waals surface area contributed by atoms with Gasteiger partial charge in [0.15, 0.2) is 6.26 Å². The molecular formula is C25H30F6O3. The Kier molecular flexibility index (Phi) is 8.95. The van der Waals surface area contributed by atoms with E-state index in [4.69, 9.17) is 9.47 Å². The predicted molar refractivity (Wildman–Crippen MR) is 115 cm³/mol. The Labute approximate surface area is 195 Å². The number of alkyl halides is 4. The van der Waals surface area contributed by atoms with E-state index in [1.807, 2.05) is 19.1 Å². The quantitative estimate of drug-likeness (QED) is 0.197. The van der Waals surface area contributed by atoms with Crippen LogP contribution in [0.1, 0.15) is 58.3 Å². The molecule has 0 heterocycles. The first-order valence-electron chi connectivity index (χ1n) is 11.6. The van der Waals surface area contributed by atoms with E-state index in [-0.39, 0.29) is 43.4 Å². The summed E-state index contributed by atoms with van der Waals surface area (Å²) in [7, 11) is 0. The largest absolute Gasteiger partial charge is 0.459 e. The van der Waals surface area contributed by atoms with Crippen molar-refractivity contribution in [3.8, 4) is 11.5 Å². The highest BCUT2D eigenvalue weighted by atomic mass is 19.3. The molecule has 0 radical (unpaired) electrons. The molecule has 0 bridgehead atoms. The van der Waals surface area contributed by atoms with Crippen LogP contribution in [0.25, 0.3) is 0 Å². The van der Waals surface area contributed by atoms with E-state index in [2.05, 4.69) is 4.74 Å². The van der Waals surface area contributed by atoms with Crippen LogP contribution < -0.4 is 9.47 Å². The second kappa shape index (κ2) is 11.5. The lowest BCUT2D eigenvalue weighted by Crippen LogP contribution is -2.42. The lowest BCUT2D eigenvalue weighted by atomic mass is 9.81. The van der Waals surface area contributed by atoms with Crippen LogP contribution >= 0.6 is 0 Å². The number of hydrogen-bond donors (Lipinski definition) is 0. The molecule has 2 saturated carbocycles. The third-order valence-corrected chi connectivity index (χ3v) is 6.55. The molecule has 0 unspecified atom stereocenters. The Morgan fingerprint density at radius 1 is 0.794 bits per heavy atom. The fraction of sp³-hybridized carbons (Fsp3) is 0.600. The normalized spacial score (nSPS) is 26.3. The summed E-state index contributed by atoms with van der Waals surface area (Å²) in [6.45, 7) is 1.91. The van der Waals surface area contributed by atoms with Gasteiger partial charge in [0.25, 0.3) is 0 Å². The minimum Gasteiger partial charge on any atom is -0.459 e. The molecule has 1 aromatic rings. The van der Waals surface area contributed by atoms with Crippen molar-refractivity contribution in [2.24, 2.45) is 17.8 Å². The Hall–Kier alpha value is -2.16. The Morgan fingerprint density at radius 2 is 1.32 bits per heavy atom. The summed E-state index contributed by atoms with van der Waals surface area (Å²) in [6.07, 6.45) is -3.01. The summed E-state index contributed by atoms with van der Waals surface area (Å²) in [5, 5.41) is 0. The molecule has 0 spiro atoms. The maximum absolute atomic E-state index is 14.7. The van der Waals surface area contributed by atoms with E-state index in [1.54, 1.807) is 0 Å². The molecule has 3 rings (SSSR count). The maximum atomic E-state index is 14.7. The molecule has 0 N–H and O–H groups in total. The molecule has 190 valence electrons. The number of ether oxygens (including phenoxy) is 3. The number of halogens is 6. The third kappa shape index (κ3) is 7.42. The number of benzene rings is 1. The first-order valence-corrected chi connectivity index (χ1v) is 11.6. The second-order valence-electron chi connectivity index (χ2n) is 8.95. The molecule has 2 aliphatic rings. The first kappa shape index (κ1) is 26.4. The maximum Gasteiger partial charge on any atom is 0.400 e. The summed E-state index contributed by atoms with van der Waals surface area (Å²) in [6, 6.07) is 4.83. The predicted octanol–water partition coefficient (Wildman–Crippen LogP) is 8.33. The van der Waals surface area contributed by atoms with Crippen molar-refractivity contribution < 1.29 is 40.6 Å². The van der Waals surface area contributed by atoms with Crippen molar-refractivity contribution in [2.45, 2.75) is 76.6 Å². The van der Waals surface area contributed by atoms with Gasteiger partial charge in [-0.25, -0.2) is 0 Å². The molecule has 34 heavy (non-hydrogen) atoms. The van der Waals surface area contributed by atoms with Gasteiger partial charge in [0, 0.05) is 0 Å². The van der Waals surface area contributed by atoms with Crippen LogP contribution in [0.4, 0.5) is 26.3 Å². The summed E-state index contributed by atoms with van der Waals surface area (Å²) in [4.78, 5) is 0. The lowest BCUT2D eigenvalue weighted by molar-refractivity contribution is -0.305. The Morgan fingerprint density at radius 3 is 1.88 bits per heavy atom. The minimum atomic E-state index is -3.51. The summed E-state index contributed by atoms with van der Waals surface area (Å²) in [5.74, 6) is -1.77. The second-order valence-corrected chi connectivity index (χ2v) is 8.95. The van der Waals surface area contributed by atoms with Crippen molar-refractivity contribution in [3.05, 3.63) is 48.8 Å². The van der Waals surface area contributed by atoms with Gasteiger partial charge in [-0.2, -0.15) is 26.3 Å². The summed E-state index contributed by atoms with van der Waals surface area (Å²) < 4.78 is 97.4. The van der Waals surface area contributed by atoms with E-state index in [0.717, 1.165) is 0 Å². The molecule has 0 amide bonds. The molecule has 0 saturated heterocycles. The van der Waals surface area contributed by atoms with Crippen molar-refractivity contribution in [1.82, 2.24) is 0 Å². The van der Waals surface area contributed by atoms with Crippen LogP contribution in [0, 0.1) is 17.8 Å². The molecule has 0 aliphatic heterocycles. The van der Waals surface area contributed by atoms with Crippen molar-refractivity contribution in [3.63, 3.8) is 0 Å². The molecule has 0 aromatic heterocycles. The zero-order chi connectivity index (χ0) is 24.8. The van der Waals surface area contributed by atoms with E-state index in [1.165, 1.54) is 24.3 Å². The van der Waals surface area contributed by atoms with Gasteiger partial charge < -0.3 is 14.2 Å². The molecule has 2 fully saturated rings. The number of hydrogen-bond acceptors (Lipinski definition) is 3. The fourth-order valence-electron chi connectivity index (χ4n) is 4.69. The fourth-order valence-corrected chi connectivity index (χ4v) is 4.69. The van der Waals surface area contributed by atoms with E-state index in [0.29, 0.717) is 31.6 Å². The third-order valence-electron chi connectivity index (χ3n) is 6.55. The summed E-state index contributed by atoms with van der Waals surface area (Å²) >= 11 is 0. The average Bonchev–Trinajstić information content (AvgIpc) is 2.79. The van der Waals surface area contributed by atoms with Gasteiger partial charge >= 0.3 is 18.3 Å². The van der Waals surface area contributed by atoms with Gasteiger partial charge in [-0.1, -0.05) is 12.2 Å². The topological polar surface area (TPSA) is 27.7 Å². The van der Waals surface area contributed by atoms with Crippen LogP contribution in [0.3, 0.4) is 0 Å². The van der Waals surface area contributed by atoms with Gasteiger partial charge in [-0.3, -0.25) is 0 Å². The molecule has 0 atom stereocenters. The van der Waals surface area contributed by atoms with Gasteiger partial charge in [0.2, 0.25) is 0 Å². The van der Waals surface area contributed by atoms with E-state index in [9.17, 15) is 26.3 Å². The highest BCUT2D eigenvalue weighted by Crippen LogP contribution is 2.44. The van der Waals surface area contributed by atoms with E-state index < -0.39 is 36.2 Å². The zero-order valence-electron chi connectivity index (χ0n) is 19.0. The Balaban J connectivity index is 1.47. The molecule has 3 nitrogen and oxygen atoms in total. The molecule has 2 aliphatic carbocycles. The van der Waals surface area contributed by atoms with Crippen LogP contribution in [-0.2, 0) is 4.74 Å². The smallest absolute Gasteiger partial charge is 0.400 e. The van der Waals surface area contributed by atoms with Crippen molar-refractivity contribution >= 4 is 0 Å². The zero-order valence-corrected chi connectivity index (χ0v) is 19.0. The van der Waals surface area contributed by atoms with Crippen LogP contribution in [0.5, 0.6) is 11.5 Å². The van der Waals surface area contributed by atoms with E-state index >= 15 is 0 Å². The standard InChI is InChI=1S/C25H30F6O3/c1-2-3-17-4-6-18(7-5-17)24(28,29)33-21-10-8-19(9-11-21)25(30,31)34-22-14-12-20(13-15-22)32-16-23(26)27/h2-3,12-19,21H,4-11H2,1H3/b3-2+. The molecule has 1 aromatic carbocycles. The summed E-state index contributed by atoms with van der Waals surface area (Å²) in [5.41, 5.74) is 0. The average molecular weight is 493 g/mol. The van der Waals surface area contributed by atoms with Gasteiger partial charge in [0.1, 0.15) is 11.5 Å². The van der Waals surface area contributed by atoms with Gasteiger partial charge in [-0.05, 0) is 88.5 Å². The highest BCUT2D eigenvalue weighted by molar-refractivity contribution is 5.32. The Bertz CT molecular complexity index is 820. The monoisotopic (exact) mass is 492 g/mol. The number of allylic oxidation sites excluding steroid dienone is 2. The highest BCUT2D eigenvalue weighted by Gasteiger charge is 2.48. The SMILES string of the molecule is C/C=C/C1CCC(C(F)(F)OC2CCC(C(F)(F)Oc3ccc(OC=C(F)F)cc3)CC2)CC1. The van der Waals surface area contributed by atoms with Crippen LogP contribution in [-0.4, -0.2) is 18.3 Å². The molecule has 9 heteroatoms. The van der Waals surface area contributed by atoms with Gasteiger partial charge in [-0.15, -0.1) is 0 Å². The number of rotatable bonds is 9. The van der Waals surface area contributed by atoms with Crippen LogP contribution in [0.15, 0.2) is 48.8 Å². The lowest BCUT2D eigenvalue weighted by Gasteiger charge is -2.37. The van der Waals surface area contributed by atoms with Gasteiger partial charge in [0.05, 0.1) is 17.9 Å². The first-order chi connectivity index (χ1) is 16.1. The van der Waals surface area contributed by atoms with Crippen LogP contribution in [0.2, 0.25) is 0 Å². The van der Waals surface area contributed by atoms with Crippen molar-refractivity contribution in [1.29, 1.82) is 0 Å². The minimum absolute atomic E-state index is 0.0104. The van der Waals surface area contributed by atoms with Crippen molar-refractivity contribution in [2.75, 3.05) is 0 Å². The molecular weight excluding hydrogens is 462 g/mol.